The lowest BCUT2D eigenvalue weighted by Crippen LogP contribution is -2.62. The van der Waals surface area contributed by atoms with Gasteiger partial charge in [-0.3, -0.25) is 14.5 Å². The van der Waals surface area contributed by atoms with E-state index in [4.69, 9.17) is 0 Å². The number of hydrogen-bond donors (Lipinski definition) is 1. The van der Waals surface area contributed by atoms with Gasteiger partial charge in [-0.05, 0) is 31.1 Å². The monoisotopic (exact) mass is 253 g/mol. The molecule has 0 spiro atoms. The van der Waals surface area contributed by atoms with Crippen molar-refractivity contribution in [1.82, 2.24) is 4.90 Å². The van der Waals surface area contributed by atoms with E-state index in [-0.39, 0.29) is 36.0 Å². The van der Waals surface area contributed by atoms with Crippen LogP contribution in [0.1, 0.15) is 46.5 Å². The lowest BCUT2D eigenvalue weighted by atomic mass is 9.79. The summed E-state index contributed by atoms with van der Waals surface area (Å²) in [6.07, 6.45) is 2.00. The number of amides is 2. The Morgan fingerprint density at radius 1 is 1.28 bits per heavy atom. The van der Waals surface area contributed by atoms with Gasteiger partial charge in [-0.15, -0.1) is 0 Å². The SMILES string of the molecule is CC1(C)CC(=O)N(C(C)(C(=O)O)C2CC2)C(=O)C1. The van der Waals surface area contributed by atoms with Crippen LogP contribution in [0.15, 0.2) is 0 Å². The van der Waals surface area contributed by atoms with Crippen LogP contribution in [0.3, 0.4) is 0 Å². The molecule has 2 rings (SSSR count). The Kier molecular flexibility index (Phi) is 2.76. The van der Waals surface area contributed by atoms with Crippen LogP contribution >= 0.6 is 0 Å². The number of rotatable bonds is 3. The predicted octanol–water partition coefficient (Wildman–Crippen LogP) is 1.41. The van der Waals surface area contributed by atoms with Gasteiger partial charge in [0.25, 0.3) is 0 Å². The van der Waals surface area contributed by atoms with Crippen molar-refractivity contribution in [2.24, 2.45) is 11.3 Å². The van der Waals surface area contributed by atoms with E-state index in [0.29, 0.717) is 0 Å². The molecule has 1 heterocycles. The van der Waals surface area contributed by atoms with Crippen LogP contribution in [0.4, 0.5) is 0 Å². The van der Waals surface area contributed by atoms with E-state index in [1.807, 2.05) is 13.8 Å². The molecular weight excluding hydrogens is 234 g/mol. The minimum atomic E-state index is -1.36. The van der Waals surface area contributed by atoms with Gasteiger partial charge >= 0.3 is 5.97 Å². The van der Waals surface area contributed by atoms with Gasteiger partial charge in [0.2, 0.25) is 11.8 Å². The minimum Gasteiger partial charge on any atom is -0.479 e. The van der Waals surface area contributed by atoms with E-state index in [9.17, 15) is 19.5 Å². The van der Waals surface area contributed by atoms with Crippen LogP contribution in [0, 0.1) is 11.3 Å². The van der Waals surface area contributed by atoms with E-state index in [2.05, 4.69) is 0 Å². The lowest BCUT2D eigenvalue weighted by molar-refractivity contribution is -0.172. The molecule has 0 aromatic rings. The lowest BCUT2D eigenvalue weighted by Gasteiger charge is -2.43. The molecule has 1 saturated carbocycles. The molecule has 1 unspecified atom stereocenters. The summed E-state index contributed by atoms with van der Waals surface area (Å²) in [6, 6.07) is 0. The molecule has 2 aliphatic rings. The van der Waals surface area contributed by atoms with E-state index in [1.54, 1.807) is 0 Å². The van der Waals surface area contributed by atoms with Gasteiger partial charge in [-0.1, -0.05) is 13.8 Å². The molecule has 1 N–H and O–H groups in total. The molecule has 5 heteroatoms. The Bertz CT molecular complexity index is 405. The summed E-state index contributed by atoms with van der Waals surface area (Å²) in [5.41, 5.74) is -1.72. The first kappa shape index (κ1) is 13.1. The average Bonchev–Trinajstić information content (AvgIpc) is 2.95. The fourth-order valence-electron chi connectivity index (χ4n) is 2.79. The molecule has 1 aliphatic carbocycles. The normalized spacial score (nSPS) is 26.9. The fraction of sp³-hybridized carbons (Fsp3) is 0.769. The van der Waals surface area contributed by atoms with Crippen molar-refractivity contribution >= 4 is 17.8 Å². The first-order valence-electron chi connectivity index (χ1n) is 6.28. The third kappa shape index (κ3) is 1.91. The third-order valence-electron chi connectivity index (χ3n) is 4.03. The van der Waals surface area contributed by atoms with Crippen molar-refractivity contribution < 1.29 is 19.5 Å². The van der Waals surface area contributed by atoms with Crippen LogP contribution in [0.5, 0.6) is 0 Å². The van der Waals surface area contributed by atoms with Crippen molar-refractivity contribution in [1.29, 1.82) is 0 Å². The number of imide groups is 1. The molecule has 1 atom stereocenters. The summed E-state index contributed by atoms with van der Waals surface area (Å²) in [5, 5.41) is 9.41. The van der Waals surface area contributed by atoms with E-state index >= 15 is 0 Å². The number of carbonyl (C=O) groups excluding carboxylic acids is 2. The average molecular weight is 253 g/mol. The van der Waals surface area contributed by atoms with E-state index < -0.39 is 11.5 Å². The Balaban J connectivity index is 2.34. The first-order chi connectivity index (χ1) is 8.18. The standard InChI is InChI=1S/C13H19NO4/c1-12(2)6-9(15)14(10(16)7-12)13(3,11(17)18)8-4-5-8/h8H,4-7H2,1-3H3,(H,17,18). The largest absolute Gasteiger partial charge is 0.479 e. The molecule has 0 radical (unpaired) electrons. The van der Waals surface area contributed by atoms with Crippen molar-refractivity contribution in [3.63, 3.8) is 0 Å². The Labute approximate surface area is 106 Å². The summed E-state index contributed by atoms with van der Waals surface area (Å²) in [6.45, 7) is 5.21. The van der Waals surface area contributed by atoms with Crippen LogP contribution in [-0.2, 0) is 14.4 Å². The highest BCUT2D eigenvalue weighted by Gasteiger charge is 2.57. The van der Waals surface area contributed by atoms with Crippen LogP contribution in [0.25, 0.3) is 0 Å². The van der Waals surface area contributed by atoms with Gasteiger partial charge in [0.05, 0.1) is 0 Å². The zero-order chi connectivity index (χ0) is 13.7. The Hall–Kier alpha value is -1.39. The summed E-state index contributed by atoms with van der Waals surface area (Å²) < 4.78 is 0. The van der Waals surface area contributed by atoms with Crippen molar-refractivity contribution in [2.45, 2.75) is 52.0 Å². The highest BCUT2D eigenvalue weighted by atomic mass is 16.4. The molecule has 5 nitrogen and oxygen atoms in total. The van der Waals surface area contributed by atoms with Gasteiger partial charge in [-0.25, -0.2) is 4.79 Å². The van der Waals surface area contributed by atoms with Crippen molar-refractivity contribution in [3.8, 4) is 0 Å². The van der Waals surface area contributed by atoms with Crippen LogP contribution < -0.4 is 0 Å². The second-order valence-corrected chi connectivity index (χ2v) is 6.37. The van der Waals surface area contributed by atoms with E-state index in [0.717, 1.165) is 17.7 Å². The number of carboxylic acids is 1. The number of carboxylic acid groups (broad SMARTS) is 1. The number of likely N-dealkylation sites (tertiary alicyclic amines) is 1. The van der Waals surface area contributed by atoms with Gasteiger partial charge in [-0.2, -0.15) is 0 Å². The van der Waals surface area contributed by atoms with Crippen molar-refractivity contribution in [3.05, 3.63) is 0 Å². The number of aliphatic carboxylic acids is 1. The quantitative estimate of drug-likeness (QED) is 0.772. The van der Waals surface area contributed by atoms with Crippen LogP contribution in [0.2, 0.25) is 0 Å². The molecule has 100 valence electrons. The number of nitrogens with zero attached hydrogens (tertiary/aromatic N) is 1. The van der Waals surface area contributed by atoms with Gasteiger partial charge < -0.3 is 5.11 Å². The Morgan fingerprint density at radius 3 is 2.06 bits per heavy atom. The number of carbonyl (C=O) groups is 3. The number of hydrogen-bond acceptors (Lipinski definition) is 3. The van der Waals surface area contributed by atoms with Crippen molar-refractivity contribution in [2.75, 3.05) is 0 Å². The maximum Gasteiger partial charge on any atom is 0.330 e. The van der Waals surface area contributed by atoms with Gasteiger partial charge in [0.1, 0.15) is 5.54 Å². The summed E-state index contributed by atoms with van der Waals surface area (Å²) in [5.74, 6) is -1.88. The maximum atomic E-state index is 12.1. The minimum absolute atomic E-state index is 0.0934. The topological polar surface area (TPSA) is 74.7 Å². The molecule has 0 aromatic heterocycles. The maximum absolute atomic E-state index is 12.1. The predicted molar refractivity (Wildman–Crippen MR) is 63.6 cm³/mol. The highest BCUT2D eigenvalue weighted by Crippen LogP contribution is 2.46. The van der Waals surface area contributed by atoms with Gasteiger partial charge in [0.15, 0.2) is 0 Å². The van der Waals surface area contributed by atoms with Gasteiger partial charge in [0, 0.05) is 12.8 Å². The van der Waals surface area contributed by atoms with E-state index in [1.165, 1.54) is 6.92 Å². The molecule has 1 aliphatic heterocycles. The second-order valence-electron chi connectivity index (χ2n) is 6.37. The van der Waals surface area contributed by atoms with Crippen LogP contribution in [-0.4, -0.2) is 33.3 Å². The summed E-state index contributed by atoms with van der Waals surface area (Å²) >= 11 is 0. The molecule has 18 heavy (non-hydrogen) atoms. The first-order valence-corrected chi connectivity index (χ1v) is 6.28. The zero-order valence-electron chi connectivity index (χ0n) is 11.0. The molecule has 1 saturated heterocycles. The molecular formula is C13H19NO4. The highest BCUT2D eigenvalue weighted by molar-refractivity contribution is 6.03. The molecule has 0 aromatic carbocycles. The fourth-order valence-corrected chi connectivity index (χ4v) is 2.79. The second kappa shape index (κ2) is 3.80. The Morgan fingerprint density at radius 2 is 1.72 bits per heavy atom. The third-order valence-corrected chi connectivity index (χ3v) is 4.03. The summed E-state index contributed by atoms with van der Waals surface area (Å²) in [4.78, 5) is 36.8. The molecule has 0 bridgehead atoms. The summed E-state index contributed by atoms with van der Waals surface area (Å²) in [7, 11) is 0. The smallest absolute Gasteiger partial charge is 0.330 e. The molecule has 2 fully saturated rings. The molecule has 2 amide bonds. The number of piperidine rings is 1. The zero-order valence-corrected chi connectivity index (χ0v) is 11.0.